The summed E-state index contributed by atoms with van der Waals surface area (Å²) in [6.07, 6.45) is 1.81. The van der Waals surface area contributed by atoms with Crippen molar-refractivity contribution in [3.05, 3.63) is 48.0 Å². The van der Waals surface area contributed by atoms with Gasteiger partial charge in [-0.15, -0.1) is 0 Å². The van der Waals surface area contributed by atoms with Gasteiger partial charge in [0.05, 0.1) is 20.3 Å². The van der Waals surface area contributed by atoms with Gasteiger partial charge < -0.3 is 24.8 Å². The number of hydrogen-bond donors (Lipinski definition) is 2. The van der Waals surface area contributed by atoms with E-state index in [-0.39, 0.29) is 12.1 Å². The van der Waals surface area contributed by atoms with Crippen LogP contribution in [-0.2, 0) is 6.42 Å². The van der Waals surface area contributed by atoms with Crippen molar-refractivity contribution >= 4 is 11.7 Å². The maximum Gasteiger partial charge on any atom is 0.319 e. The molecule has 0 aliphatic carbocycles. The van der Waals surface area contributed by atoms with Crippen molar-refractivity contribution in [1.29, 1.82) is 0 Å². The predicted molar refractivity (Wildman–Crippen MR) is 100 cm³/mol. The molecule has 2 aromatic rings. The highest BCUT2D eigenvalue weighted by molar-refractivity contribution is 5.89. The number of urea groups is 1. The molecule has 1 heterocycles. The van der Waals surface area contributed by atoms with Crippen LogP contribution in [0.2, 0.25) is 0 Å². The van der Waals surface area contributed by atoms with E-state index in [2.05, 4.69) is 10.6 Å². The van der Waals surface area contributed by atoms with Gasteiger partial charge in [0, 0.05) is 5.69 Å². The van der Waals surface area contributed by atoms with Crippen molar-refractivity contribution in [3.8, 4) is 17.2 Å². The molecule has 1 unspecified atom stereocenters. The van der Waals surface area contributed by atoms with E-state index in [9.17, 15) is 4.79 Å². The molecule has 0 saturated carbocycles. The number of hydrogen-bond acceptors (Lipinski definition) is 4. The molecule has 2 N–H and O–H groups in total. The maximum absolute atomic E-state index is 12.1. The van der Waals surface area contributed by atoms with Gasteiger partial charge in [-0.3, -0.25) is 0 Å². The molecule has 138 valence electrons. The molecule has 2 aromatic carbocycles. The first-order valence-corrected chi connectivity index (χ1v) is 8.75. The summed E-state index contributed by atoms with van der Waals surface area (Å²) in [5, 5.41) is 5.67. The van der Waals surface area contributed by atoms with Gasteiger partial charge in [-0.2, -0.15) is 0 Å². The molecule has 2 amide bonds. The van der Waals surface area contributed by atoms with Crippen LogP contribution in [0.3, 0.4) is 0 Å². The fourth-order valence-corrected chi connectivity index (χ4v) is 2.78. The van der Waals surface area contributed by atoms with Crippen molar-refractivity contribution in [1.82, 2.24) is 5.32 Å². The number of rotatable bonds is 6. The third-order valence-corrected chi connectivity index (χ3v) is 4.11. The van der Waals surface area contributed by atoms with Crippen molar-refractivity contribution in [2.75, 3.05) is 25.6 Å². The van der Waals surface area contributed by atoms with E-state index in [1.165, 1.54) is 0 Å². The topological polar surface area (TPSA) is 68.8 Å². The molecule has 0 aromatic heterocycles. The number of nitrogens with one attached hydrogen (secondary N) is 2. The molecule has 0 bridgehead atoms. The number of benzene rings is 2. The first kappa shape index (κ1) is 17.9. The molecule has 6 heteroatoms. The molecule has 26 heavy (non-hydrogen) atoms. The van der Waals surface area contributed by atoms with Gasteiger partial charge in [0.2, 0.25) is 0 Å². The Hall–Kier alpha value is -2.89. The second-order valence-electron chi connectivity index (χ2n) is 6.21. The Morgan fingerprint density at radius 3 is 2.73 bits per heavy atom. The minimum atomic E-state index is -0.258. The van der Waals surface area contributed by atoms with E-state index in [1.54, 1.807) is 7.11 Å². The third kappa shape index (κ3) is 4.81. The summed E-state index contributed by atoms with van der Waals surface area (Å²) in [7, 11) is 1.62. The Kier molecular flexibility index (Phi) is 5.84. The highest BCUT2D eigenvalue weighted by atomic mass is 16.5. The summed E-state index contributed by atoms with van der Waals surface area (Å²) >= 11 is 0. The monoisotopic (exact) mass is 356 g/mol. The van der Waals surface area contributed by atoms with Crippen LogP contribution >= 0.6 is 0 Å². The molecular formula is C20H24N2O4. The number of carbonyl (C=O) groups is 1. The Morgan fingerprint density at radius 1 is 1.19 bits per heavy atom. The van der Waals surface area contributed by atoms with Gasteiger partial charge in [0.25, 0.3) is 0 Å². The summed E-state index contributed by atoms with van der Waals surface area (Å²) in [5.74, 6) is 2.41. The van der Waals surface area contributed by atoms with E-state index in [1.807, 2.05) is 49.4 Å². The Labute approximate surface area is 153 Å². The fourth-order valence-electron chi connectivity index (χ4n) is 2.78. The normalized spacial score (nSPS) is 13.8. The minimum absolute atomic E-state index is 0.161. The number of aryl methyl sites for hydroxylation is 1. The predicted octanol–water partition coefficient (Wildman–Crippen LogP) is 3.61. The largest absolute Gasteiger partial charge is 0.497 e. The van der Waals surface area contributed by atoms with Gasteiger partial charge >= 0.3 is 6.03 Å². The lowest BCUT2D eigenvalue weighted by molar-refractivity contribution is 0.212. The van der Waals surface area contributed by atoms with E-state index in [0.29, 0.717) is 6.54 Å². The Morgan fingerprint density at radius 2 is 1.96 bits per heavy atom. The van der Waals surface area contributed by atoms with Crippen molar-refractivity contribution in [3.63, 3.8) is 0 Å². The summed E-state index contributed by atoms with van der Waals surface area (Å²) in [6, 6.07) is 12.8. The number of anilines is 1. The van der Waals surface area contributed by atoms with Gasteiger partial charge in [-0.1, -0.05) is 0 Å². The van der Waals surface area contributed by atoms with Gasteiger partial charge in [0.1, 0.15) is 23.4 Å². The lowest BCUT2D eigenvalue weighted by Gasteiger charge is -2.19. The molecule has 1 aliphatic rings. The smallest absolute Gasteiger partial charge is 0.319 e. The second-order valence-corrected chi connectivity index (χ2v) is 6.21. The van der Waals surface area contributed by atoms with Gasteiger partial charge in [-0.25, -0.2) is 4.79 Å². The van der Waals surface area contributed by atoms with Crippen molar-refractivity contribution in [2.24, 2.45) is 0 Å². The molecule has 0 saturated heterocycles. The minimum Gasteiger partial charge on any atom is -0.497 e. The standard InChI is InChI=1S/C20H24N2O4/c1-14(26-18-8-6-17(24-2)7-9-18)13-21-20(23)22-16-5-10-19-15(12-16)4-3-11-25-19/h5-10,12,14H,3-4,11,13H2,1-2H3,(H2,21,22,23). The number of amides is 2. The first-order valence-electron chi connectivity index (χ1n) is 8.75. The molecule has 1 aliphatic heterocycles. The van der Waals surface area contributed by atoms with E-state index in [4.69, 9.17) is 14.2 Å². The lowest BCUT2D eigenvalue weighted by atomic mass is 10.1. The van der Waals surface area contributed by atoms with Gasteiger partial charge in [0.15, 0.2) is 0 Å². The van der Waals surface area contributed by atoms with E-state index in [0.717, 1.165) is 47.9 Å². The summed E-state index contributed by atoms with van der Waals surface area (Å²) in [6.45, 7) is 3.05. The summed E-state index contributed by atoms with van der Waals surface area (Å²) in [4.78, 5) is 12.1. The van der Waals surface area contributed by atoms with Crippen LogP contribution < -0.4 is 24.8 Å². The molecule has 0 spiro atoms. The molecule has 0 radical (unpaired) electrons. The fraction of sp³-hybridized carbons (Fsp3) is 0.350. The Balaban J connectivity index is 1.45. The molecule has 3 rings (SSSR count). The number of fused-ring (bicyclic) bond motifs is 1. The van der Waals surface area contributed by atoms with Gasteiger partial charge in [-0.05, 0) is 67.8 Å². The lowest BCUT2D eigenvalue weighted by Crippen LogP contribution is -2.36. The Bertz CT molecular complexity index is 746. The van der Waals surface area contributed by atoms with Crippen LogP contribution in [-0.4, -0.2) is 32.4 Å². The average molecular weight is 356 g/mol. The van der Waals surface area contributed by atoms with Crippen LogP contribution in [0.5, 0.6) is 17.2 Å². The van der Waals surface area contributed by atoms with Crippen LogP contribution in [0.15, 0.2) is 42.5 Å². The third-order valence-electron chi connectivity index (χ3n) is 4.11. The quantitative estimate of drug-likeness (QED) is 0.830. The summed E-state index contributed by atoms with van der Waals surface area (Å²) < 4.78 is 16.5. The van der Waals surface area contributed by atoms with Crippen LogP contribution in [0.4, 0.5) is 10.5 Å². The molecular weight excluding hydrogens is 332 g/mol. The zero-order chi connectivity index (χ0) is 18.4. The molecule has 0 fully saturated rings. The average Bonchev–Trinajstić information content (AvgIpc) is 2.67. The molecule has 1 atom stereocenters. The zero-order valence-electron chi connectivity index (χ0n) is 15.1. The number of carbonyl (C=O) groups excluding carboxylic acids is 1. The summed E-state index contributed by atoms with van der Waals surface area (Å²) in [5.41, 5.74) is 1.89. The maximum atomic E-state index is 12.1. The molecule has 6 nitrogen and oxygen atoms in total. The highest BCUT2D eigenvalue weighted by Crippen LogP contribution is 2.27. The number of ether oxygens (including phenoxy) is 3. The highest BCUT2D eigenvalue weighted by Gasteiger charge is 2.12. The number of methoxy groups -OCH3 is 1. The van der Waals surface area contributed by atoms with Crippen molar-refractivity contribution in [2.45, 2.75) is 25.9 Å². The zero-order valence-corrected chi connectivity index (χ0v) is 15.1. The second kappa shape index (κ2) is 8.47. The first-order chi connectivity index (χ1) is 12.6. The van der Waals surface area contributed by atoms with Crippen LogP contribution in [0.25, 0.3) is 0 Å². The van der Waals surface area contributed by atoms with Crippen LogP contribution in [0, 0.1) is 0 Å². The van der Waals surface area contributed by atoms with Crippen molar-refractivity contribution < 1.29 is 19.0 Å². The van der Waals surface area contributed by atoms with E-state index < -0.39 is 0 Å². The SMILES string of the molecule is COc1ccc(OC(C)CNC(=O)Nc2ccc3c(c2)CCCO3)cc1. The van der Waals surface area contributed by atoms with Crippen LogP contribution in [0.1, 0.15) is 18.9 Å². The van der Waals surface area contributed by atoms with E-state index >= 15 is 0 Å².